The van der Waals surface area contributed by atoms with Crippen molar-refractivity contribution < 1.29 is 39.0 Å². The fraction of sp³-hybridized carbons (Fsp3) is 0. The molecule has 1 radical (unpaired) electrons. The van der Waals surface area contributed by atoms with Gasteiger partial charge in [0.25, 0.3) is 0 Å². The summed E-state index contributed by atoms with van der Waals surface area (Å²) in [5.41, 5.74) is 0. The van der Waals surface area contributed by atoms with Crippen molar-refractivity contribution in [2.24, 2.45) is 0 Å². The second-order valence-corrected chi connectivity index (χ2v) is 0. The van der Waals surface area contributed by atoms with Crippen molar-refractivity contribution in [3.63, 3.8) is 0 Å². The molecule has 0 bridgehead atoms. The minimum atomic E-state index is 0. The van der Waals surface area contributed by atoms with E-state index in [-0.39, 0.29) is 87.9 Å². The smallest absolute Gasteiger partial charge is 2.00 e. The van der Waals surface area contributed by atoms with Gasteiger partial charge in [-0.25, -0.2) is 0 Å². The molecule has 0 rings (SSSR count). The molecule has 0 atom stereocenters. The summed E-state index contributed by atoms with van der Waals surface area (Å²) in [6.07, 6.45) is 0. The Morgan fingerprint density at radius 3 is 0.667 bits per heavy atom. The molecule has 0 amide bonds. The molecule has 0 saturated carbocycles. The monoisotopic (exact) mass is 259 g/mol. The first kappa shape index (κ1) is 102. The molecule has 0 fully saturated rings. The van der Waals surface area contributed by atoms with Crippen LogP contribution >= 0.6 is 0 Å². The summed E-state index contributed by atoms with van der Waals surface area (Å²) in [6.45, 7) is 0. The maximum atomic E-state index is 0. The summed E-state index contributed by atoms with van der Waals surface area (Å²) >= 11 is 0. The van der Waals surface area contributed by atoms with Crippen molar-refractivity contribution in [1.82, 2.24) is 0 Å². The van der Waals surface area contributed by atoms with E-state index >= 15 is 0 Å². The topological polar surface area (TPSA) is 117 Å². The first-order valence-electron chi connectivity index (χ1n) is 0. The van der Waals surface area contributed by atoms with E-state index in [0.29, 0.717) is 0 Å². The zero-order valence-corrected chi connectivity index (χ0v) is 8.42. The zero-order valence-electron chi connectivity index (χ0n) is 2.80. The molecule has 0 aliphatic rings. The Morgan fingerprint density at radius 1 is 0.667 bits per heavy atom. The average Bonchev–Trinajstić information content (AvgIpc) is 0. The van der Waals surface area contributed by atoms with Crippen LogP contribution in [0.2, 0.25) is 0 Å². The Kier molecular flexibility index (Phi) is 1110. The molecule has 0 aromatic rings. The molecule has 6 heavy (non-hydrogen) atoms. The third kappa shape index (κ3) is 38.7. The molecule has 0 aromatic carbocycles. The maximum absolute atomic E-state index is 0. The van der Waals surface area contributed by atoms with Gasteiger partial charge in [-0.1, -0.05) is 0 Å². The summed E-state index contributed by atoms with van der Waals surface area (Å²) in [4.78, 5) is 0. The molecule has 0 spiro atoms. The molecule has 0 unspecified atom stereocenters. The molecule has 0 aliphatic heterocycles. The van der Waals surface area contributed by atoms with Crippen LogP contribution in [0.4, 0.5) is 0 Å². The van der Waals surface area contributed by atoms with E-state index in [4.69, 9.17) is 0 Å². The van der Waals surface area contributed by atoms with Crippen LogP contribution in [0.3, 0.4) is 0 Å². The second kappa shape index (κ2) is 65.4. The fourth-order valence-electron chi connectivity index (χ4n) is 0. The average molecular weight is 258 g/mol. The zero-order chi connectivity index (χ0) is 0. The first-order chi connectivity index (χ1) is 0. The van der Waals surface area contributed by atoms with Gasteiger partial charge in [-0.3, -0.25) is 0 Å². The van der Waals surface area contributed by atoms with Gasteiger partial charge >= 0.3 is 48.9 Å². The van der Waals surface area contributed by atoms with Crippen LogP contribution in [0.5, 0.6) is 0 Å². The van der Waals surface area contributed by atoms with Gasteiger partial charge in [-0.2, -0.15) is 0 Å². The molecular weight excluding hydrogens is 256 g/mol. The summed E-state index contributed by atoms with van der Waals surface area (Å²) in [5.74, 6) is 0. The van der Waals surface area contributed by atoms with Crippen molar-refractivity contribution in [3.8, 4) is 0 Å². The van der Waals surface area contributed by atoms with E-state index in [1.807, 2.05) is 0 Å². The van der Waals surface area contributed by atoms with Gasteiger partial charge in [0, 0.05) is 17.1 Å². The number of hydrogen-bond donors (Lipinski definition) is 0. The first-order valence-corrected chi connectivity index (χ1v) is 0. The van der Waals surface area contributed by atoms with Gasteiger partial charge in [0.05, 0.1) is 0 Å². The Bertz CT molecular complexity index is 7.51. The van der Waals surface area contributed by atoms with E-state index in [0.717, 1.165) is 0 Å². The Morgan fingerprint density at radius 2 is 0.667 bits per heavy atom. The molecule has 39 valence electrons. The normalized spacial score (nSPS) is 0. The second-order valence-electron chi connectivity index (χ2n) is 0. The van der Waals surface area contributed by atoms with Gasteiger partial charge in [0.2, 0.25) is 0 Å². The molecule has 0 aromatic heterocycles. The molecule has 0 saturated heterocycles. The third-order valence-corrected chi connectivity index (χ3v) is 0. The molecule has 4 nitrogen and oxygen atoms in total. The van der Waals surface area contributed by atoms with Gasteiger partial charge in [0.15, 0.2) is 0 Å². The quantitative estimate of drug-likeness (QED) is 0.519. The summed E-state index contributed by atoms with van der Waals surface area (Å²) in [5, 5.41) is 0. The Hall–Kier alpha value is 1.93. The van der Waals surface area contributed by atoms with E-state index < -0.39 is 0 Å². The van der Waals surface area contributed by atoms with Crippen molar-refractivity contribution in [1.29, 1.82) is 0 Å². The predicted molar refractivity (Wildman–Crippen MR) is 11.0 cm³/mol. The minimum Gasteiger partial charge on any atom is -2.00 e. The van der Waals surface area contributed by atoms with Crippen molar-refractivity contribution in [3.05, 3.63) is 0 Å². The van der Waals surface area contributed by atoms with E-state index in [9.17, 15) is 0 Å². The van der Waals surface area contributed by atoms with Crippen LogP contribution < -0.4 is 0 Å². The molecular formula is H2BaMnO4-4. The van der Waals surface area contributed by atoms with E-state index in [2.05, 4.69) is 0 Å². The van der Waals surface area contributed by atoms with Crippen LogP contribution in [-0.2, 0) is 28.0 Å². The molecule has 0 heterocycles. The predicted octanol–water partition coefficient (Wildman–Crippen LogP) is -0.974. The molecule has 0 aliphatic carbocycles. The summed E-state index contributed by atoms with van der Waals surface area (Å²) in [6, 6.07) is 0. The number of rotatable bonds is 0. The van der Waals surface area contributed by atoms with Crippen LogP contribution in [0.25, 0.3) is 0 Å². The van der Waals surface area contributed by atoms with Crippen molar-refractivity contribution in [2.75, 3.05) is 0 Å². The molecule has 6 heteroatoms. The Labute approximate surface area is 86.5 Å². The van der Waals surface area contributed by atoms with Gasteiger partial charge in [0.1, 0.15) is 0 Å². The Balaban J connectivity index is 0. The van der Waals surface area contributed by atoms with Crippen LogP contribution in [0.1, 0.15) is 0 Å². The SMILES string of the molecule is [Ba+2].[Mn].[O-2].[O-2].[OH-].[OH-]. The van der Waals surface area contributed by atoms with Crippen LogP contribution in [0, 0.1) is 0 Å². The van der Waals surface area contributed by atoms with Crippen LogP contribution in [0.15, 0.2) is 0 Å². The largest absolute Gasteiger partial charge is 2.00 e. The fourth-order valence-corrected chi connectivity index (χ4v) is 0. The minimum absolute atomic E-state index is 0. The maximum Gasteiger partial charge on any atom is 2.00 e. The van der Waals surface area contributed by atoms with Gasteiger partial charge < -0.3 is 21.9 Å². The van der Waals surface area contributed by atoms with Crippen LogP contribution in [-0.4, -0.2) is 59.8 Å². The summed E-state index contributed by atoms with van der Waals surface area (Å²) < 4.78 is 0. The van der Waals surface area contributed by atoms with Crippen molar-refractivity contribution in [2.45, 2.75) is 0 Å². The van der Waals surface area contributed by atoms with Gasteiger partial charge in [-0.05, 0) is 0 Å². The number of hydrogen-bond acceptors (Lipinski definition) is 2. The van der Waals surface area contributed by atoms with Gasteiger partial charge in [-0.15, -0.1) is 0 Å². The van der Waals surface area contributed by atoms with E-state index in [1.165, 1.54) is 0 Å². The molecule has 2 N–H and O–H groups in total. The van der Waals surface area contributed by atoms with Crippen molar-refractivity contribution >= 4 is 48.9 Å². The standard InChI is InChI=1S/Ba.Mn.2H2O.2O/h;;2*1H2;;/q+2;;;;2*-2/p-2. The van der Waals surface area contributed by atoms with E-state index in [1.54, 1.807) is 0 Å². The third-order valence-electron chi connectivity index (χ3n) is 0. The summed E-state index contributed by atoms with van der Waals surface area (Å²) in [7, 11) is 0.